The minimum atomic E-state index is -0.847. The molecule has 1 aliphatic rings. The Morgan fingerprint density at radius 2 is 1.52 bits per heavy atom. The van der Waals surface area contributed by atoms with Gasteiger partial charge >= 0.3 is 6.09 Å². The Balaban J connectivity index is 1.54. The number of anilines is 1. The quantitative estimate of drug-likeness (QED) is 0.538. The van der Waals surface area contributed by atoms with Crippen LogP contribution in [-0.4, -0.2) is 51.2 Å². The second-order valence-corrected chi connectivity index (χ2v) is 9.65. The van der Waals surface area contributed by atoms with Crippen LogP contribution in [0.25, 0.3) is 22.5 Å². The summed E-state index contributed by atoms with van der Waals surface area (Å²) in [6, 6.07) is 20.3. The predicted octanol–water partition coefficient (Wildman–Crippen LogP) is 5.81. The Labute approximate surface area is 195 Å². The minimum absolute atomic E-state index is 0.349. The molecule has 6 heteroatoms. The molecule has 0 aliphatic carbocycles. The lowest BCUT2D eigenvalue weighted by Crippen LogP contribution is -2.49. The van der Waals surface area contributed by atoms with Crippen LogP contribution in [0.5, 0.6) is 0 Å². The lowest BCUT2D eigenvalue weighted by Gasteiger charge is -2.39. The summed E-state index contributed by atoms with van der Waals surface area (Å²) in [7, 11) is 0. The van der Waals surface area contributed by atoms with E-state index in [0.29, 0.717) is 12.5 Å². The largest absolute Gasteiger partial charge is 0.465 e. The number of rotatable bonds is 5. The molecule has 2 heterocycles. The van der Waals surface area contributed by atoms with Crippen LogP contribution in [0.2, 0.25) is 0 Å². The lowest BCUT2D eigenvalue weighted by molar-refractivity contribution is 0.0852. The van der Waals surface area contributed by atoms with E-state index in [1.54, 1.807) is 4.90 Å². The normalized spacial score (nSPS) is 14.8. The highest BCUT2D eigenvalue weighted by atomic mass is 16.4. The predicted molar refractivity (Wildman–Crippen MR) is 132 cm³/mol. The van der Waals surface area contributed by atoms with E-state index in [0.717, 1.165) is 54.3 Å². The zero-order valence-electron chi connectivity index (χ0n) is 19.6. The van der Waals surface area contributed by atoms with Crippen molar-refractivity contribution >= 4 is 11.9 Å². The summed E-state index contributed by atoms with van der Waals surface area (Å²) in [5.74, 6) is 1.22. The molecule has 3 aromatic rings. The van der Waals surface area contributed by atoms with Crippen molar-refractivity contribution in [2.24, 2.45) is 5.92 Å². The monoisotopic (exact) mass is 444 g/mol. The molecule has 6 nitrogen and oxygen atoms in total. The van der Waals surface area contributed by atoms with Crippen molar-refractivity contribution in [2.75, 3.05) is 24.5 Å². The number of amides is 1. The SMILES string of the molecule is CC(C)(C)N(CC1CCN(c2cnc(-c3ccccc3)c(-c3ccccc3)n2)CC1)C(=O)O. The molecule has 1 aromatic heterocycles. The van der Waals surface area contributed by atoms with Gasteiger partial charge in [0.1, 0.15) is 5.82 Å². The molecule has 1 N–H and O–H groups in total. The first kappa shape index (κ1) is 22.8. The summed E-state index contributed by atoms with van der Waals surface area (Å²) in [5, 5.41) is 9.63. The fraction of sp³-hybridized carbons (Fsp3) is 0.370. The van der Waals surface area contributed by atoms with Gasteiger partial charge in [0, 0.05) is 36.3 Å². The number of nitrogens with zero attached hydrogens (tertiary/aromatic N) is 4. The Morgan fingerprint density at radius 3 is 2.03 bits per heavy atom. The Bertz CT molecular complexity index is 1070. The first-order chi connectivity index (χ1) is 15.8. The average Bonchev–Trinajstić information content (AvgIpc) is 2.83. The number of carboxylic acid groups (broad SMARTS) is 1. The molecule has 2 aromatic carbocycles. The van der Waals surface area contributed by atoms with Crippen molar-refractivity contribution in [2.45, 2.75) is 39.2 Å². The fourth-order valence-electron chi connectivity index (χ4n) is 4.38. The Morgan fingerprint density at radius 1 is 0.970 bits per heavy atom. The zero-order chi connectivity index (χ0) is 23.4. The third-order valence-corrected chi connectivity index (χ3v) is 6.27. The molecular formula is C27H32N4O2. The van der Waals surface area contributed by atoms with Gasteiger partial charge in [-0.05, 0) is 39.5 Å². The summed E-state index contributed by atoms with van der Waals surface area (Å²) < 4.78 is 0. The van der Waals surface area contributed by atoms with E-state index in [-0.39, 0.29) is 0 Å². The summed E-state index contributed by atoms with van der Waals surface area (Å²) in [5.41, 5.74) is 3.45. The van der Waals surface area contributed by atoms with Crippen LogP contribution in [-0.2, 0) is 0 Å². The van der Waals surface area contributed by atoms with Gasteiger partial charge in [-0.25, -0.2) is 9.78 Å². The summed E-state index contributed by atoms with van der Waals surface area (Å²) in [6.45, 7) is 8.11. The van der Waals surface area contributed by atoms with E-state index in [9.17, 15) is 9.90 Å². The molecule has 1 amide bonds. The van der Waals surface area contributed by atoms with Crippen LogP contribution in [0.3, 0.4) is 0 Å². The van der Waals surface area contributed by atoms with Crippen LogP contribution in [0, 0.1) is 5.92 Å². The highest BCUT2D eigenvalue weighted by Crippen LogP contribution is 2.32. The topological polar surface area (TPSA) is 69.6 Å². The second-order valence-electron chi connectivity index (χ2n) is 9.65. The maximum absolute atomic E-state index is 11.7. The molecular weight excluding hydrogens is 412 g/mol. The molecule has 0 spiro atoms. The van der Waals surface area contributed by atoms with Crippen LogP contribution in [0.1, 0.15) is 33.6 Å². The molecule has 4 rings (SSSR count). The van der Waals surface area contributed by atoms with Crippen molar-refractivity contribution in [1.82, 2.24) is 14.9 Å². The maximum atomic E-state index is 11.7. The van der Waals surface area contributed by atoms with Gasteiger partial charge in [-0.1, -0.05) is 60.7 Å². The van der Waals surface area contributed by atoms with Gasteiger partial charge in [0.25, 0.3) is 0 Å². The van der Waals surface area contributed by atoms with E-state index in [1.807, 2.05) is 63.4 Å². The summed E-state index contributed by atoms with van der Waals surface area (Å²) in [4.78, 5) is 25.4. The third-order valence-electron chi connectivity index (χ3n) is 6.27. The van der Waals surface area contributed by atoms with Crippen LogP contribution in [0.4, 0.5) is 10.6 Å². The smallest absolute Gasteiger partial charge is 0.407 e. The number of hydrogen-bond acceptors (Lipinski definition) is 4. The number of benzene rings is 2. The van der Waals surface area contributed by atoms with E-state index in [1.165, 1.54) is 0 Å². The average molecular weight is 445 g/mol. The number of piperidine rings is 1. The Kier molecular flexibility index (Phi) is 6.63. The van der Waals surface area contributed by atoms with Crippen LogP contribution < -0.4 is 4.90 Å². The second kappa shape index (κ2) is 9.61. The standard InChI is InChI=1S/C27H32N4O2/c1-27(2,3)31(26(32)33)19-20-14-16-30(17-15-20)23-18-28-24(21-10-6-4-7-11-21)25(29-23)22-12-8-5-9-13-22/h4-13,18,20H,14-17,19H2,1-3H3,(H,32,33). The summed E-state index contributed by atoms with van der Waals surface area (Å²) >= 11 is 0. The maximum Gasteiger partial charge on any atom is 0.407 e. The van der Waals surface area contributed by atoms with E-state index in [4.69, 9.17) is 9.97 Å². The third kappa shape index (κ3) is 5.33. The van der Waals surface area contributed by atoms with Crippen molar-refractivity contribution in [3.05, 3.63) is 66.9 Å². The molecule has 0 radical (unpaired) electrons. The van der Waals surface area contributed by atoms with E-state index < -0.39 is 11.6 Å². The number of carbonyl (C=O) groups is 1. The molecule has 0 saturated carbocycles. The zero-order valence-corrected chi connectivity index (χ0v) is 19.6. The van der Waals surface area contributed by atoms with Crippen molar-refractivity contribution in [3.63, 3.8) is 0 Å². The van der Waals surface area contributed by atoms with Gasteiger partial charge in [-0.3, -0.25) is 4.98 Å². The number of aromatic nitrogens is 2. The van der Waals surface area contributed by atoms with Crippen molar-refractivity contribution < 1.29 is 9.90 Å². The highest BCUT2D eigenvalue weighted by molar-refractivity contribution is 5.78. The molecule has 1 fully saturated rings. The van der Waals surface area contributed by atoms with Gasteiger partial charge in [-0.2, -0.15) is 0 Å². The summed E-state index contributed by atoms with van der Waals surface area (Å²) in [6.07, 6.45) is 2.89. The van der Waals surface area contributed by atoms with Crippen molar-refractivity contribution in [3.8, 4) is 22.5 Å². The first-order valence-corrected chi connectivity index (χ1v) is 11.6. The van der Waals surface area contributed by atoms with Crippen molar-refractivity contribution in [1.29, 1.82) is 0 Å². The molecule has 0 unspecified atom stereocenters. The fourth-order valence-corrected chi connectivity index (χ4v) is 4.38. The molecule has 0 bridgehead atoms. The van der Waals surface area contributed by atoms with Gasteiger partial charge < -0.3 is 14.9 Å². The minimum Gasteiger partial charge on any atom is -0.465 e. The lowest BCUT2D eigenvalue weighted by atomic mass is 9.94. The van der Waals surface area contributed by atoms with Gasteiger partial charge in [-0.15, -0.1) is 0 Å². The van der Waals surface area contributed by atoms with Gasteiger partial charge in [0.15, 0.2) is 0 Å². The molecule has 33 heavy (non-hydrogen) atoms. The molecule has 1 saturated heterocycles. The first-order valence-electron chi connectivity index (χ1n) is 11.6. The van der Waals surface area contributed by atoms with E-state index in [2.05, 4.69) is 29.2 Å². The van der Waals surface area contributed by atoms with Crippen LogP contribution >= 0.6 is 0 Å². The van der Waals surface area contributed by atoms with Gasteiger partial charge in [0.05, 0.1) is 17.6 Å². The number of hydrogen-bond donors (Lipinski definition) is 1. The molecule has 0 atom stereocenters. The van der Waals surface area contributed by atoms with E-state index >= 15 is 0 Å². The highest BCUT2D eigenvalue weighted by Gasteiger charge is 2.30. The molecule has 1 aliphatic heterocycles. The van der Waals surface area contributed by atoms with Gasteiger partial charge in [0.2, 0.25) is 0 Å². The Hall–Kier alpha value is -3.41. The molecule has 172 valence electrons. The van der Waals surface area contributed by atoms with Crippen LogP contribution in [0.15, 0.2) is 66.9 Å².